The summed E-state index contributed by atoms with van der Waals surface area (Å²) in [7, 11) is 0. The van der Waals surface area contributed by atoms with E-state index in [0.29, 0.717) is 3.94 Å². The van der Waals surface area contributed by atoms with Crippen LogP contribution in [0.25, 0.3) is 0 Å². The average Bonchev–Trinajstić information content (AvgIpc) is 2.10. The smallest absolute Gasteiger partial charge is 0.0854 e. The van der Waals surface area contributed by atoms with Crippen LogP contribution in [0.3, 0.4) is 0 Å². The predicted molar refractivity (Wildman–Crippen MR) is 76.2 cm³/mol. The van der Waals surface area contributed by atoms with Crippen LogP contribution in [0, 0.1) is 0 Å². The number of ether oxygens (including phenoxy) is 1. The van der Waals surface area contributed by atoms with Crippen LogP contribution in [-0.2, 0) is 4.74 Å². The number of allylic oxidation sites excluding steroid dienone is 1. The van der Waals surface area contributed by atoms with Gasteiger partial charge in [0.15, 0.2) is 0 Å². The summed E-state index contributed by atoms with van der Waals surface area (Å²) < 4.78 is 6.68. The van der Waals surface area contributed by atoms with Crippen molar-refractivity contribution >= 4 is 27.5 Å². The standard InChI is InChI=1S/C13H22BrClO/c1-6-8-10(12(14)15)11(9-7-2)16-13(3,4)5/h6,11H,1,7-9H2,2-5H3/b12-10+. The molecule has 1 unspecified atom stereocenters. The van der Waals surface area contributed by atoms with Gasteiger partial charge in [-0.3, -0.25) is 0 Å². The Balaban J connectivity index is 4.86. The molecular weight excluding hydrogens is 287 g/mol. The molecule has 0 aromatic rings. The minimum absolute atomic E-state index is 0.0647. The Kier molecular flexibility index (Phi) is 7.62. The fourth-order valence-corrected chi connectivity index (χ4v) is 2.10. The molecule has 0 aliphatic rings. The summed E-state index contributed by atoms with van der Waals surface area (Å²) in [6, 6.07) is 0. The van der Waals surface area contributed by atoms with Crippen molar-refractivity contribution in [2.45, 2.75) is 58.7 Å². The molecule has 0 heterocycles. The summed E-state index contributed by atoms with van der Waals surface area (Å²) in [5.41, 5.74) is 0.916. The highest BCUT2D eigenvalue weighted by Gasteiger charge is 2.22. The molecule has 0 bridgehead atoms. The van der Waals surface area contributed by atoms with Crippen molar-refractivity contribution in [1.29, 1.82) is 0 Å². The van der Waals surface area contributed by atoms with Crippen molar-refractivity contribution in [3.8, 4) is 0 Å². The van der Waals surface area contributed by atoms with Crippen LogP contribution in [0.4, 0.5) is 0 Å². The van der Waals surface area contributed by atoms with Crippen molar-refractivity contribution in [3.05, 3.63) is 22.2 Å². The molecule has 0 spiro atoms. The van der Waals surface area contributed by atoms with Gasteiger partial charge in [0.05, 0.1) is 15.6 Å². The van der Waals surface area contributed by atoms with E-state index in [9.17, 15) is 0 Å². The zero-order valence-corrected chi connectivity index (χ0v) is 13.0. The number of hydrogen-bond acceptors (Lipinski definition) is 1. The second-order valence-electron chi connectivity index (χ2n) is 4.79. The predicted octanol–water partition coefficient (Wildman–Crippen LogP) is 5.39. The van der Waals surface area contributed by atoms with Gasteiger partial charge in [-0.15, -0.1) is 6.58 Å². The van der Waals surface area contributed by atoms with E-state index < -0.39 is 0 Å². The first-order chi connectivity index (χ1) is 7.31. The molecule has 0 radical (unpaired) electrons. The molecule has 0 N–H and O–H groups in total. The highest BCUT2D eigenvalue weighted by molar-refractivity contribution is 9.12. The Bertz CT molecular complexity index is 249. The van der Waals surface area contributed by atoms with Crippen molar-refractivity contribution in [2.75, 3.05) is 0 Å². The van der Waals surface area contributed by atoms with E-state index in [-0.39, 0.29) is 11.7 Å². The normalized spacial score (nSPS) is 15.6. The lowest BCUT2D eigenvalue weighted by Gasteiger charge is -2.29. The van der Waals surface area contributed by atoms with Gasteiger partial charge in [-0.2, -0.15) is 0 Å². The van der Waals surface area contributed by atoms with Crippen molar-refractivity contribution < 1.29 is 4.74 Å². The van der Waals surface area contributed by atoms with Gasteiger partial charge in [0, 0.05) is 0 Å². The number of hydrogen-bond donors (Lipinski definition) is 0. The molecule has 0 amide bonds. The molecule has 0 aromatic carbocycles. The third-order valence-corrected chi connectivity index (χ3v) is 2.79. The summed E-state index contributed by atoms with van der Waals surface area (Å²) >= 11 is 9.39. The molecular formula is C13H22BrClO. The molecule has 1 nitrogen and oxygen atoms in total. The van der Waals surface area contributed by atoms with E-state index >= 15 is 0 Å². The fraction of sp³-hybridized carbons (Fsp3) is 0.692. The van der Waals surface area contributed by atoms with Gasteiger partial charge >= 0.3 is 0 Å². The monoisotopic (exact) mass is 308 g/mol. The average molecular weight is 310 g/mol. The third-order valence-electron chi connectivity index (χ3n) is 2.04. The molecule has 0 aliphatic carbocycles. The quantitative estimate of drug-likeness (QED) is 0.598. The maximum absolute atomic E-state index is 6.05. The molecule has 0 aliphatic heterocycles. The van der Waals surface area contributed by atoms with Gasteiger partial charge in [0.2, 0.25) is 0 Å². The van der Waals surface area contributed by atoms with E-state index in [0.717, 1.165) is 24.8 Å². The molecule has 0 saturated heterocycles. The largest absolute Gasteiger partial charge is 0.368 e. The topological polar surface area (TPSA) is 9.23 Å². The van der Waals surface area contributed by atoms with E-state index in [1.54, 1.807) is 0 Å². The molecule has 0 fully saturated rings. The van der Waals surface area contributed by atoms with E-state index in [2.05, 4.69) is 50.2 Å². The fourth-order valence-electron chi connectivity index (χ4n) is 1.48. The Hall–Kier alpha value is 0.210. The van der Waals surface area contributed by atoms with Crippen LogP contribution in [0.2, 0.25) is 0 Å². The van der Waals surface area contributed by atoms with Crippen LogP contribution in [-0.4, -0.2) is 11.7 Å². The van der Waals surface area contributed by atoms with Gasteiger partial charge in [-0.05, 0) is 55.1 Å². The zero-order chi connectivity index (χ0) is 12.8. The van der Waals surface area contributed by atoms with Gasteiger partial charge in [-0.25, -0.2) is 0 Å². The maximum atomic E-state index is 6.05. The van der Waals surface area contributed by atoms with Crippen LogP contribution >= 0.6 is 27.5 Å². The van der Waals surface area contributed by atoms with Gasteiger partial charge in [0.1, 0.15) is 0 Å². The van der Waals surface area contributed by atoms with Gasteiger partial charge in [-0.1, -0.05) is 31.0 Å². The first-order valence-electron chi connectivity index (χ1n) is 5.64. The lowest BCUT2D eigenvalue weighted by molar-refractivity contribution is -0.0469. The Morgan fingerprint density at radius 2 is 2.06 bits per heavy atom. The van der Waals surface area contributed by atoms with Gasteiger partial charge in [0.25, 0.3) is 0 Å². The number of rotatable bonds is 6. The van der Waals surface area contributed by atoms with Crippen LogP contribution in [0.5, 0.6) is 0 Å². The van der Waals surface area contributed by atoms with Crippen LogP contribution in [0.1, 0.15) is 47.0 Å². The molecule has 94 valence electrons. The lowest BCUT2D eigenvalue weighted by atomic mass is 10.0. The molecule has 0 rings (SSSR count). The molecule has 0 saturated carbocycles. The highest BCUT2D eigenvalue weighted by atomic mass is 79.9. The first kappa shape index (κ1) is 16.2. The molecule has 1 atom stereocenters. The Labute approximate surface area is 113 Å². The summed E-state index contributed by atoms with van der Waals surface area (Å²) in [4.78, 5) is 0. The van der Waals surface area contributed by atoms with Crippen LogP contribution < -0.4 is 0 Å². The first-order valence-corrected chi connectivity index (χ1v) is 6.81. The van der Waals surface area contributed by atoms with Crippen molar-refractivity contribution in [3.63, 3.8) is 0 Å². The van der Waals surface area contributed by atoms with E-state index in [1.807, 2.05) is 6.08 Å². The van der Waals surface area contributed by atoms with Crippen LogP contribution in [0.15, 0.2) is 22.2 Å². The Morgan fingerprint density at radius 1 is 1.50 bits per heavy atom. The molecule has 0 aromatic heterocycles. The zero-order valence-electron chi connectivity index (χ0n) is 10.6. The summed E-state index contributed by atoms with van der Waals surface area (Å²) in [6.07, 6.45) is 4.72. The van der Waals surface area contributed by atoms with E-state index in [4.69, 9.17) is 16.3 Å². The Morgan fingerprint density at radius 3 is 2.38 bits per heavy atom. The van der Waals surface area contributed by atoms with Crippen molar-refractivity contribution in [1.82, 2.24) is 0 Å². The SMILES string of the molecule is C=CC/C(=C(\Cl)Br)C(CCC)OC(C)(C)C. The van der Waals surface area contributed by atoms with Crippen molar-refractivity contribution in [2.24, 2.45) is 0 Å². The minimum atomic E-state index is -0.161. The summed E-state index contributed by atoms with van der Waals surface area (Å²) in [5.74, 6) is 0. The second kappa shape index (κ2) is 7.52. The second-order valence-corrected chi connectivity index (χ2v) is 6.41. The highest BCUT2D eigenvalue weighted by Crippen LogP contribution is 2.29. The molecule has 16 heavy (non-hydrogen) atoms. The molecule has 3 heteroatoms. The van der Waals surface area contributed by atoms with E-state index in [1.165, 1.54) is 0 Å². The number of halogens is 2. The third kappa shape index (κ3) is 6.72. The minimum Gasteiger partial charge on any atom is -0.368 e. The maximum Gasteiger partial charge on any atom is 0.0854 e. The lowest BCUT2D eigenvalue weighted by Crippen LogP contribution is -2.29. The summed E-state index contributed by atoms with van der Waals surface area (Å²) in [6.45, 7) is 12.1. The summed E-state index contributed by atoms with van der Waals surface area (Å²) in [5, 5.41) is 0. The van der Waals surface area contributed by atoms with Gasteiger partial charge < -0.3 is 4.74 Å².